The first-order valence-electron chi connectivity index (χ1n) is 13.2. The third-order valence-electron chi connectivity index (χ3n) is 6.66. The molecule has 0 heterocycles. The number of hydrogen-bond acceptors (Lipinski definition) is 4. The molecule has 0 saturated carbocycles. The highest BCUT2D eigenvalue weighted by Crippen LogP contribution is 2.25. The van der Waals surface area contributed by atoms with Crippen molar-refractivity contribution in [2.45, 2.75) is 64.1 Å². The van der Waals surface area contributed by atoms with Crippen LogP contribution in [-0.2, 0) is 26.2 Å². The van der Waals surface area contributed by atoms with Crippen LogP contribution in [0.4, 0.5) is 10.1 Å². The van der Waals surface area contributed by atoms with Crippen LogP contribution < -0.4 is 9.62 Å². The fourth-order valence-electron chi connectivity index (χ4n) is 4.12. The minimum Gasteiger partial charge on any atom is -0.352 e. The molecule has 0 spiro atoms. The third-order valence-corrected chi connectivity index (χ3v) is 8.70. The summed E-state index contributed by atoms with van der Waals surface area (Å²) in [4.78, 5) is 28.5. The molecule has 0 radical (unpaired) electrons. The number of sulfonamides is 1. The summed E-state index contributed by atoms with van der Waals surface area (Å²) < 4.78 is 42.2. The van der Waals surface area contributed by atoms with Gasteiger partial charge in [-0.15, -0.1) is 0 Å². The van der Waals surface area contributed by atoms with Gasteiger partial charge in [-0.25, -0.2) is 12.8 Å². The second kappa shape index (κ2) is 13.8. The van der Waals surface area contributed by atoms with Crippen LogP contribution in [0.5, 0.6) is 0 Å². The van der Waals surface area contributed by atoms with E-state index >= 15 is 0 Å². The lowest BCUT2D eigenvalue weighted by molar-refractivity contribution is -0.140. The Labute approximate surface area is 241 Å². The Balaban J connectivity index is 2.04. The Morgan fingerprint density at radius 3 is 2.08 bits per heavy atom. The van der Waals surface area contributed by atoms with Crippen LogP contribution in [0.15, 0.2) is 77.7 Å². The Morgan fingerprint density at radius 2 is 1.52 bits per heavy atom. The van der Waals surface area contributed by atoms with Crippen molar-refractivity contribution >= 4 is 39.1 Å². The van der Waals surface area contributed by atoms with Crippen LogP contribution in [-0.4, -0.2) is 43.8 Å². The Hall–Kier alpha value is -3.43. The molecule has 40 heavy (non-hydrogen) atoms. The number of aryl methyl sites for hydroxylation is 1. The summed E-state index contributed by atoms with van der Waals surface area (Å²) in [7, 11) is -4.27. The molecular weight excluding hydrogens is 553 g/mol. The number of benzene rings is 3. The highest BCUT2D eigenvalue weighted by Gasteiger charge is 2.34. The Kier molecular flexibility index (Phi) is 10.7. The molecule has 1 N–H and O–H groups in total. The first-order chi connectivity index (χ1) is 19.0. The maximum Gasteiger partial charge on any atom is 0.264 e. The van der Waals surface area contributed by atoms with E-state index < -0.39 is 34.3 Å². The van der Waals surface area contributed by atoms with Gasteiger partial charge in [-0.05, 0) is 80.8 Å². The largest absolute Gasteiger partial charge is 0.352 e. The van der Waals surface area contributed by atoms with Crippen molar-refractivity contribution in [1.82, 2.24) is 10.2 Å². The lowest BCUT2D eigenvalue weighted by atomic mass is 10.1. The van der Waals surface area contributed by atoms with Gasteiger partial charge in [0.1, 0.15) is 18.4 Å². The summed E-state index contributed by atoms with van der Waals surface area (Å²) in [5.74, 6) is -1.46. The minimum atomic E-state index is -4.27. The lowest BCUT2D eigenvalue weighted by Crippen LogP contribution is -2.53. The van der Waals surface area contributed by atoms with E-state index in [1.165, 1.54) is 4.90 Å². The van der Waals surface area contributed by atoms with E-state index in [-0.39, 0.29) is 29.1 Å². The summed E-state index contributed by atoms with van der Waals surface area (Å²) in [5, 5.41) is 3.47. The van der Waals surface area contributed by atoms with Crippen molar-refractivity contribution < 1.29 is 22.4 Å². The molecule has 0 aliphatic heterocycles. The number of nitrogens with zero attached hydrogens (tertiary/aromatic N) is 2. The van der Waals surface area contributed by atoms with Crippen LogP contribution >= 0.6 is 11.6 Å². The summed E-state index contributed by atoms with van der Waals surface area (Å²) >= 11 is 6.05. The number of carbonyl (C=O) groups is 2. The molecule has 0 unspecified atom stereocenters. The normalized spacial score (nSPS) is 12.8. The zero-order valence-corrected chi connectivity index (χ0v) is 24.7. The molecule has 0 saturated heterocycles. The quantitative estimate of drug-likeness (QED) is 0.294. The van der Waals surface area contributed by atoms with E-state index in [0.29, 0.717) is 17.9 Å². The standard InChI is InChI=1S/C30H35ClFN3O4S/c1-5-22(4)33-30(37)28(6-2)34(19-23-9-11-24(31)12-10-23)29(36)20-35(26-15-7-21(3)8-16-26)40(38,39)27-17-13-25(32)14-18-27/h7-18,22,28H,5-6,19-20H2,1-4H3,(H,33,37)/t22-,28+/m1/s1. The predicted octanol–water partition coefficient (Wildman–Crippen LogP) is 5.70. The zero-order chi connectivity index (χ0) is 29.4. The van der Waals surface area contributed by atoms with E-state index in [9.17, 15) is 22.4 Å². The van der Waals surface area contributed by atoms with E-state index in [0.717, 1.165) is 39.7 Å². The molecular formula is C30H35ClFN3O4S. The number of anilines is 1. The van der Waals surface area contributed by atoms with E-state index in [4.69, 9.17) is 11.6 Å². The maximum absolute atomic E-state index is 14.0. The smallest absolute Gasteiger partial charge is 0.264 e. The molecule has 3 aromatic carbocycles. The van der Waals surface area contributed by atoms with E-state index in [2.05, 4.69) is 5.32 Å². The maximum atomic E-state index is 14.0. The molecule has 10 heteroatoms. The van der Waals surface area contributed by atoms with Gasteiger partial charge in [0.25, 0.3) is 10.0 Å². The highest BCUT2D eigenvalue weighted by atomic mass is 35.5. The summed E-state index contributed by atoms with van der Waals surface area (Å²) in [5.41, 5.74) is 1.91. The third kappa shape index (κ3) is 7.82. The fraction of sp³-hybridized carbons (Fsp3) is 0.333. The highest BCUT2D eigenvalue weighted by molar-refractivity contribution is 7.92. The fourth-order valence-corrected chi connectivity index (χ4v) is 5.66. The van der Waals surface area contributed by atoms with Gasteiger partial charge in [0.05, 0.1) is 10.6 Å². The van der Waals surface area contributed by atoms with E-state index in [1.54, 1.807) is 55.5 Å². The summed E-state index contributed by atoms with van der Waals surface area (Å²) in [6.45, 7) is 7.00. The molecule has 0 aromatic heterocycles. The summed E-state index contributed by atoms with van der Waals surface area (Å²) in [6.07, 6.45) is 1.03. The molecule has 0 fully saturated rings. The molecule has 214 valence electrons. The average Bonchev–Trinajstić information content (AvgIpc) is 2.93. The van der Waals surface area contributed by atoms with Gasteiger partial charge in [0, 0.05) is 17.6 Å². The number of amides is 2. The molecule has 7 nitrogen and oxygen atoms in total. The van der Waals surface area contributed by atoms with Gasteiger partial charge >= 0.3 is 0 Å². The van der Waals surface area contributed by atoms with Gasteiger partial charge in [-0.2, -0.15) is 0 Å². The number of rotatable bonds is 12. The number of hydrogen-bond donors (Lipinski definition) is 1. The number of carbonyl (C=O) groups excluding carboxylic acids is 2. The summed E-state index contributed by atoms with van der Waals surface area (Å²) in [6, 6.07) is 17.1. The molecule has 2 amide bonds. The monoisotopic (exact) mass is 587 g/mol. The Bertz CT molecular complexity index is 1400. The average molecular weight is 588 g/mol. The molecule has 0 bridgehead atoms. The van der Waals surface area contributed by atoms with Crippen LogP contribution in [0, 0.1) is 12.7 Å². The van der Waals surface area contributed by atoms with Crippen LogP contribution in [0.1, 0.15) is 44.7 Å². The molecule has 0 aliphatic rings. The van der Waals surface area contributed by atoms with Crippen molar-refractivity contribution in [3.05, 3.63) is 94.8 Å². The second-order valence-electron chi connectivity index (χ2n) is 9.69. The van der Waals surface area contributed by atoms with Crippen molar-refractivity contribution in [1.29, 1.82) is 0 Å². The van der Waals surface area contributed by atoms with Gasteiger partial charge in [0.2, 0.25) is 11.8 Å². The van der Waals surface area contributed by atoms with E-state index in [1.807, 2.05) is 20.8 Å². The van der Waals surface area contributed by atoms with Crippen LogP contribution in [0.3, 0.4) is 0 Å². The van der Waals surface area contributed by atoms with Crippen LogP contribution in [0.25, 0.3) is 0 Å². The van der Waals surface area contributed by atoms with Gasteiger partial charge < -0.3 is 10.2 Å². The first kappa shape index (κ1) is 31.1. The first-order valence-corrected chi connectivity index (χ1v) is 15.0. The van der Waals surface area contributed by atoms with Crippen LogP contribution in [0.2, 0.25) is 5.02 Å². The molecule has 0 aliphatic carbocycles. The van der Waals surface area contributed by atoms with Crippen molar-refractivity contribution in [2.24, 2.45) is 0 Å². The molecule has 3 rings (SSSR count). The van der Waals surface area contributed by atoms with Crippen molar-refractivity contribution in [2.75, 3.05) is 10.8 Å². The van der Waals surface area contributed by atoms with Gasteiger partial charge in [0.15, 0.2) is 0 Å². The van der Waals surface area contributed by atoms with Crippen molar-refractivity contribution in [3.8, 4) is 0 Å². The number of nitrogens with one attached hydrogen (secondary N) is 1. The molecule has 3 aromatic rings. The second-order valence-corrected chi connectivity index (χ2v) is 12.0. The SMILES string of the molecule is CC[C@@H](C)NC(=O)[C@H](CC)N(Cc1ccc(Cl)cc1)C(=O)CN(c1ccc(C)cc1)S(=O)(=O)c1ccc(F)cc1. The van der Waals surface area contributed by atoms with Gasteiger partial charge in [-0.3, -0.25) is 13.9 Å². The topological polar surface area (TPSA) is 86.8 Å². The van der Waals surface area contributed by atoms with Gasteiger partial charge in [-0.1, -0.05) is 55.3 Å². The Morgan fingerprint density at radius 1 is 0.925 bits per heavy atom. The lowest BCUT2D eigenvalue weighted by Gasteiger charge is -2.33. The predicted molar refractivity (Wildman–Crippen MR) is 156 cm³/mol. The molecule has 2 atom stereocenters. The zero-order valence-electron chi connectivity index (χ0n) is 23.1. The minimum absolute atomic E-state index is 0.0702. The van der Waals surface area contributed by atoms with Crippen molar-refractivity contribution in [3.63, 3.8) is 0 Å². The number of halogens is 2.